The fourth-order valence-electron chi connectivity index (χ4n) is 1.43. The molecule has 0 fully saturated rings. The average molecular weight is 378 g/mol. The van der Waals surface area contributed by atoms with E-state index in [1.54, 1.807) is 18.2 Å². The van der Waals surface area contributed by atoms with Crippen LogP contribution >= 0.6 is 31.9 Å². The molecule has 0 radical (unpaired) electrons. The fraction of sp³-hybridized carbons (Fsp3) is 0. The zero-order chi connectivity index (χ0) is 13.3. The first-order chi connectivity index (χ1) is 8.47. The summed E-state index contributed by atoms with van der Waals surface area (Å²) in [6.45, 7) is 0. The molecule has 0 saturated heterocycles. The molecular formula is C12H8Br2F2N2. The predicted molar refractivity (Wildman–Crippen MR) is 75.9 cm³/mol. The Balaban J connectivity index is 2.43. The molecule has 2 nitrogen and oxygen atoms in total. The number of hydrogen-bond donors (Lipinski definition) is 2. The molecule has 2 rings (SSSR count). The quantitative estimate of drug-likeness (QED) is 0.736. The molecular weight excluding hydrogens is 370 g/mol. The van der Waals surface area contributed by atoms with Gasteiger partial charge in [0.25, 0.3) is 0 Å². The molecule has 2 aromatic carbocycles. The van der Waals surface area contributed by atoms with Crippen LogP contribution in [0.3, 0.4) is 0 Å². The second-order valence-corrected chi connectivity index (χ2v) is 5.43. The molecule has 0 unspecified atom stereocenters. The molecule has 3 N–H and O–H groups in total. The highest BCUT2D eigenvalue weighted by Gasteiger charge is 2.12. The summed E-state index contributed by atoms with van der Waals surface area (Å²) < 4.78 is 28.4. The Morgan fingerprint density at radius 2 is 1.56 bits per heavy atom. The third-order valence-electron chi connectivity index (χ3n) is 2.28. The molecule has 94 valence electrons. The van der Waals surface area contributed by atoms with Crippen molar-refractivity contribution in [2.45, 2.75) is 0 Å². The van der Waals surface area contributed by atoms with Crippen molar-refractivity contribution in [2.75, 3.05) is 11.1 Å². The summed E-state index contributed by atoms with van der Waals surface area (Å²) >= 11 is 6.29. The summed E-state index contributed by atoms with van der Waals surface area (Å²) in [6, 6.07) is 7.39. The van der Waals surface area contributed by atoms with Crippen LogP contribution in [0.15, 0.2) is 39.3 Å². The van der Waals surface area contributed by atoms with Gasteiger partial charge in [-0.25, -0.2) is 8.78 Å². The van der Waals surface area contributed by atoms with E-state index in [9.17, 15) is 8.78 Å². The van der Waals surface area contributed by atoms with Crippen LogP contribution in [-0.4, -0.2) is 0 Å². The zero-order valence-corrected chi connectivity index (χ0v) is 12.1. The minimum absolute atomic E-state index is 0.233. The third-order valence-corrected chi connectivity index (χ3v) is 3.23. The second kappa shape index (κ2) is 5.24. The van der Waals surface area contributed by atoms with E-state index in [1.165, 1.54) is 12.1 Å². The van der Waals surface area contributed by atoms with E-state index in [0.29, 0.717) is 15.8 Å². The topological polar surface area (TPSA) is 38.0 Å². The molecule has 0 bridgehead atoms. The highest BCUT2D eigenvalue weighted by Crippen LogP contribution is 2.31. The lowest BCUT2D eigenvalue weighted by Gasteiger charge is -2.11. The highest BCUT2D eigenvalue weighted by molar-refractivity contribution is 9.10. The molecule has 0 heterocycles. The number of nitrogen functional groups attached to an aromatic ring is 1. The van der Waals surface area contributed by atoms with Gasteiger partial charge in [0.05, 0.1) is 11.4 Å². The lowest BCUT2D eigenvalue weighted by molar-refractivity contribution is 0.589. The zero-order valence-electron chi connectivity index (χ0n) is 8.98. The van der Waals surface area contributed by atoms with Crippen LogP contribution in [0.25, 0.3) is 0 Å². The summed E-state index contributed by atoms with van der Waals surface area (Å²) in [5.41, 5.74) is 6.33. The van der Waals surface area contributed by atoms with Crippen LogP contribution in [0.1, 0.15) is 0 Å². The van der Waals surface area contributed by atoms with Gasteiger partial charge in [0.15, 0.2) is 11.6 Å². The average Bonchev–Trinajstić information content (AvgIpc) is 2.28. The molecule has 2 aromatic rings. The fourth-order valence-corrected chi connectivity index (χ4v) is 2.20. The summed E-state index contributed by atoms with van der Waals surface area (Å²) in [5, 5.41) is 2.65. The maximum atomic E-state index is 13.6. The number of nitrogens with one attached hydrogen (secondary N) is 1. The van der Waals surface area contributed by atoms with Crippen LogP contribution in [0.5, 0.6) is 0 Å². The van der Waals surface area contributed by atoms with Gasteiger partial charge in [0.1, 0.15) is 5.69 Å². The number of hydrogen-bond acceptors (Lipinski definition) is 2. The molecule has 0 amide bonds. The number of benzene rings is 2. The van der Waals surface area contributed by atoms with Crippen LogP contribution in [0, 0.1) is 11.6 Å². The molecule has 6 heteroatoms. The van der Waals surface area contributed by atoms with Crippen LogP contribution in [-0.2, 0) is 0 Å². The molecule has 0 atom stereocenters. The van der Waals surface area contributed by atoms with E-state index in [0.717, 1.165) is 4.47 Å². The Kier molecular flexibility index (Phi) is 3.87. The summed E-state index contributed by atoms with van der Waals surface area (Å²) in [4.78, 5) is 0. The Hall–Kier alpha value is -1.14. The lowest BCUT2D eigenvalue weighted by Crippen LogP contribution is -2.00. The van der Waals surface area contributed by atoms with Crippen molar-refractivity contribution in [2.24, 2.45) is 0 Å². The van der Waals surface area contributed by atoms with Crippen molar-refractivity contribution >= 4 is 48.9 Å². The molecule has 18 heavy (non-hydrogen) atoms. The number of anilines is 3. The highest BCUT2D eigenvalue weighted by atomic mass is 79.9. The Bertz CT molecular complexity index is 580. The van der Waals surface area contributed by atoms with Crippen molar-refractivity contribution in [3.05, 3.63) is 50.9 Å². The number of nitrogens with two attached hydrogens (primary N) is 1. The van der Waals surface area contributed by atoms with E-state index in [-0.39, 0.29) is 5.69 Å². The summed E-state index contributed by atoms with van der Waals surface area (Å²) in [5.74, 6) is -1.39. The Morgan fingerprint density at radius 3 is 2.17 bits per heavy atom. The van der Waals surface area contributed by atoms with Crippen molar-refractivity contribution in [1.29, 1.82) is 0 Å². The van der Waals surface area contributed by atoms with E-state index >= 15 is 0 Å². The van der Waals surface area contributed by atoms with Gasteiger partial charge in [-0.2, -0.15) is 0 Å². The largest absolute Gasteiger partial charge is 0.397 e. The minimum Gasteiger partial charge on any atom is -0.397 e. The van der Waals surface area contributed by atoms with Gasteiger partial charge < -0.3 is 11.1 Å². The van der Waals surface area contributed by atoms with Crippen molar-refractivity contribution in [3.63, 3.8) is 0 Å². The Labute approximate surface area is 119 Å². The summed E-state index contributed by atoms with van der Waals surface area (Å²) in [6.07, 6.45) is 0. The third kappa shape index (κ3) is 2.81. The van der Waals surface area contributed by atoms with Crippen molar-refractivity contribution in [1.82, 2.24) is 0 Å². The smallest absolute Gasteiger partial charge is 0.150 e. The van der Waals surface area contributed by atoms with E-state index in [1.807, 2.05) is 0 Å². The first-order valence-corrected chi connectivity index (χ1v) is 6.52. The molecule has 0 aliphatic rings. The van der Waals surface area contributed by atoms with Gasteiger partial charge in [-0.15, -0.1) is 0 Å². The second-order valence-electron chi connectivity index (χ2n) is 3.60. The van der Waals surface area contributed by atoms with Crippen LogP contribution in [0.4, 0.5) is 25.8 Å². The SMILES string of the molecule is Nc1ccc(Br)cc1Nc1c(F)cc(Br)cc1F. The monoisotopic (exact) mass is 376 g/mol. The van der Waals surface area contributed by atoms with E-state index in [2.05, 4.69) is 37.2 Å². The lowest BCUT2D eigenvalue weighted by atomic mass is 10.2. The standard InChI is InChI=1S/C12H8Br2F2N2/c13-6-1-2-10(17)11(5-6)18-12-8(15)3-7(14)4-9(12)16/h1-5,18H,17H2. The first-order valence-electron chi connectivity index (χ1n) is 4.94. The van der Waals surface area contributed by atoms with Gasteiger partial charge in [0, 0.05) is 8.95 Å². The Morgan fingerprint density at radius 1 is 0.944 bits per heavy atom. The van der Waals surface area contributed by atoms with Crippen LogP contribution < -0.4 is 11.1 Å². The molecule has 0 spiro atoms. The van der Waals surface area contributed by atoms with Gasteiger partial charge in [-0.3, -0.25) is 0 Å². The molecule has 0 aromatic heterocycles. The van der Waals surface area contributed by atoms with E-state index in [4.69, 9.17) is 5.73 Å². The predicted octanol–water partition coefficient (Wildman–Crippen LogP) is 4.82. The minimum atomic E-state index is -0.693. The summed E-state index contributed by atoms with van der Waals surface area (Å²) in [7, 11) is 0. The van der Waals surface area contributed by atoms with Crippen molar-refractivity contribution in [3.8, 4) is 0 Å². The normalized spacial score (nSPS) is 10.4. The molecule has 0 saturated carbocycles. The maximum absolute atomic E-state index is 13.6. The van der Waals surface area contributed by atoms with E-state index < -0.39 is 11.6 Å². The van der Waals surface area contributed by atoms with Gasteiger partial charge >= 0.3 is 0 Å². The van der Waals surface area contributed by atoms with Crippen molar-refractivity contribution < 1.29 is 8.78 Å². The number of halogens is 4. The van der Waals surface area contributed by atoms with Crippen LogP contribution in [0.2, 0.25) is 0 Å². The number of rotatable bonds is 2. The molecule has 0 aliphatic carbocycles. The molecule has 0 aliphatic heterocycles. The first kappa shape index (κ1) is 13.3. The van der Waals surface area contributed by atoms with Gasteiger partial charge in [0.2, 0.25) is 0 Å². The van der Waals surface area contributed by atoms with Gasteiger partial charge in [-0.1, -0.05) is 31.9 Å². The maximum Gasteiger partial charge on any atom is 0.150 e. The van der Waals surface area contributed by atoms with Gasteiger partial charge in [-0.05, 0) is 30.3 Å².